The van der Waals surface area contributed by atoms with E-state index in [0.717, 1.165) is 0 Å². The largest absolute Gasteiger partial charge is 0.0616 e. The van der Waals surface area contributed by atoms with E-state index in [1.54, 1.807) is 0 Å². The van der Waals surface area contributed by atoms with Crippen LogP contribution < -0.4 is 0 Å². The summed E-state index contributed by atoms with van der Waals surface area (Å²) in [6.45, 7) is 21.7. The van der Waals surface area contributed by atoms with E-state index >= 15 is 0 Å². The van der Waals surface area contributed by atoms with E-state index in [1.807, 2.05) is 0 Å². The van der Waals surface area contributed by atoms with Crippen molar-refractivity contribution in [1.29, 1.82) is 0 Å². The van der Waals surface area contributed by atoms with E-state index in [4.69, 9.17) is 0 Å². The molecule has 0 saturated heterocycles. The second kappa shape index (κ2) is 22.7. The van der Waals surface area contributed by atoms with E-state index in [2.05, 4.69) is 312 Å². The summed E-state index contributed by atoms with van der Waals surface area (Å²) in [5.74, 6) is 0. The van der Waals surface area contributed by atoms with Crippen LogP contribution in [-0.4, -0.2) is 0 Å². The van der Waals surface area contributed by atoms with Gasteiger partial charge in [0.25, 0.3) is 0 Å². The molecule has 15 aromatic carbocycles. The molecule has 0 aromatic heterocycles. The van der Waals surface area contributed by atoms with Crippen molar-refractivity contribution >= 4 is 108 Å². The number of hydrogen-bond donors (Lipinski definition) is 0. The molecule has 0 radical (unpaired) electrons. The van der Waals surface area contributed by atoms with Gasteiger partial charge in [-0.1, -0.05) is 199 Å². The van der Waals surface area contributed by atoms with Crippen molar-refractivity contribution in [1.82, 2.24) is 0 Å². The van der Waals surface area contributed by atoms with Crippen molar-refractivity contribution in [3.63, 3.8) is 0 Å². The van der Waals surface area contributed by atoms with E-state index < -0.39 is 0 Å². The van der Waals surface area contributed by atoms with Crippen molar-refractivity contribution < 1.29 is 0 Å². The molecule has 0 fully saturated rings. The van der Waals surface area contributed by atoms with Crippen molar-refractivity contribution in [3.8, 4) is 0 Å². The molecule has 0 aliphatic rings. The quantitative estimate of drug-likeness (QED) is 0.133. The first-order chi connectivity index (χ1) is 38.8. The number of benzene rings is 15. The lowest BCUT2D eigenvalue weighted by Crippen LogP contribution is -1.85. The van der Waals surface area contributed by atoms with Gasteiger partial charge in [0.1, 0.15) is 0 Å². The summed E-state index contributed by atoms with van der Waals surface area (Å²) in [5, 5.41) is 26.9. The summed E-state index contributed by atoms with van der Waals surface area (Å²) in [6.07, 6.45) is 0. The Bertz CT molecular complexity index is 4620. The van der Waals surface area contributed by atoms with Gasteiger partial charge in [0.15, 0.2) is 0 Å². The summed E-state index contributed by atoms with van der Waals surface area (Å²) in [5.41, 5.74) is 13.5. The molecule has 80 heavy (non-hydrogen) atoms. The fourth-order valence-corrected chi connectivity index (χ4v) is 11.9. The standard InChI is InChI=1S/5C16H14/c1-11-5-3-7-13-10-16-12(2)6-4-8-14(16)9-15(11)13;1-11-5-3-7-13-9-14-8-4-6-12(2)16(14)10-15(11)13;1-11-6-5-8-14-10-13-7-3-4-9-15(13)12(2)16(11)14;1-11-6-7-13-10-16-12(2)4-3-5-14(16)9-15(13)8-11;1-11-6-7-13-9-14-5-3-4-12(2)16(14)10-15(13)8-11/h5*3-10H,1-2H3. The Kier molecular flexibility index (Phi) is 15.0. The van der Waals surface area contributed by atoms with Gasteiger partial charge in [-0.25, -0.2) is 0 Å². The molecule has 0 saturated carbocycles. The Morgan fingerprint density at radius 1 is 0.163 bits per heavy atom. The van der Waals surface area contributed by atoms with Gasteiger partial charge in [-0.3, -0.25) is 0 Å². The Morgan fingerprint density at radius 2 is 0.438 bits per heavy atom. The molecule has 0 unspecified atom stereocenters. The highest BCUT2D eigenvalue weighted by Crippen LogP contribution is 2.32. The molecule has 0 amide bonds. The molecule has 0 bridgehead atoms. The fraction of sp³-hybridized carbons (Fsp3) is 0.125. The van der Waals surface area contributed by atoms with Crippen LogP contribution in [0.15, 0.2) is 243 Å². The maximum absolute atomic E-state index is 2.31. The highest BCUT2D eigenvalue weighted by molar-refractivity contribution is 6.05. The third kappa shape index (κ3) is 11.0. The Hall–Kier alpha value is -9.10. The third-order valence-corrected chi connectivity index (χ3v) is 16.4. The molecule has 0 nitrogen and oxygen atoms in total. The lowest BCUT2D eigenvalue weighted by molar-refractivity contribution is 1.49. The predicted octanol–water partition coefficient (Wildman–Crippen LogP) is 23.0. The first kappa shape index (κ1) is 52.9. The van der Waals surface area contributed by atoms with Crippen LogP contribution in [-0.2, 0) is 0 Å². The van der Waals surface area contributed by atoms with Crippen molar-refractivity contribution in [2.45, 2.75) is 69.2 Å². The highest BCUT2D eigenvalue weighted by Gasteiger charge is 2.07. The topological polar surface area (TPSA) is 0 Å². The average Bonchev–Trinajstić information content (AvgIpc) is 3.62. The van der Waals surface area contributed by atoms with Crippen LogP contribution in [0.4, 0.5) is 0 Å². The monoisotopic (exact) mass is 1030 g/mol. The normalized spacial score (nSPS) is 11.1. The minimum absolute atomic E-state index is 1.32. The molecule has 0 aliphatic heterocycles. The van der Waals surface area contributed by atoms with E-state index in [-0.39, 0.29) is 0 Å². The Labute approximate surface area is 472 Å². The zero-order chi connectivity index (χ0) is 55.6. The van der Waals surface area contributed by atoms with Crippen LogP contribution in [0.3, 0.4) is 0 Å². The molecular weight excluding hydrogens is 961 g/mol. The fourth-order valence-electron chi connectivity index (χ4n) is 11.9. The molecule has 0 spiro atoms. The van der Waals surface area contributed by atoms with Gasteiger partial charge >= 0.3 is 0 Å². The summed E-state index contributed by atoms with van der Waals surface area (Å²) in [6, 6.07) is 87.9. The van der Waals surface area contributed by atoms with Crippen molar-refractivity contribution in [2.75, 3.05) is 0 Å². The summed E-state index contributed by atoms with van der Waals surface area (Å²) in [7, 11) is 0. The lowest BCUT2D eigenvalue weighted by atomic mass is 9.95. The molecule has 0 N–H and O–H groups in total. The van der Waals surface area contributed by atoms with Gasteiger partial charge in [0.2, 0.25) is 0 Å². The zero-order valence-electron chi connectivity index (χ0n) is 48.1. The van der Waals surface area contributed by atoms with Gasteiger partial charge in [-0.2, -0.15) is 0 Å². The van der Waals surface area contributed by atoms with Crippen molar-refractivity contribution in [3.05, 3.63) is 298 Å². The van der Waals surface area contributed by atoms with Crippen LogP contribution in [0.25, 0.3) is 108 Å². The number of hydrogen-bond acceptors (Lipinski definition) is 0. The molecule has 0 heteroatoms. The lowest BCUT2D eigenvalue weighted by Gasteiger charge is -2.09. The van der Waals surface area contributed by atoms with E-state index in [0.29, 0.717) is 0 Å². The average molecular weight is 1030 g/mol. The minimum atomic E-state index is 1.32. The summed E-state index contributed by atoms with van der Waals surface area (Å²) >= 11 is 0. The summed E-state index contributed by atoms with van der Waals surface area (Å²) in [4.78, 5) is 0. The zero-order valence-corrected chi connectivity index (χ0v) is 48.1. The van der Waals surface area contributed by atoms with E-state index in [9.17, 15) is 0 Å². The van der Waals surface area contributed by atoms with Crippen LogP contribution in [0.2, 0.25) is 0 Å². The van der Waals surface area contributed by atoms with Crippen LogP contribution in [0.1, 0.15) is 55.6 Å². The molecule has 390 valence electrons. The molecular formula is C80H70. The maximum Gasteiger partial charge on any atom is -0.0119 e. The van der Waals surface area contributed by atoms with Crippen LogP contribution in [0, 0.1) is 69.2 Å². The van der Waals surface area contributed by atoms with Crippen LogP contribution >= 0.6 is 0 Å². The highest BCUT2D eigenvalue weighted by atomic mass is 14.1. The van der Waals surface area contributed by atoms with Gasteiger partial charge in [-0.05, 0) is 276 Å². The van der Waals surface area contributed by atoms with Crippen LogP contribution in [0.5, 0.6) is 0 Å². The molecule has 0 heterocycles. The SMILES string of the molecule is Cc1ccc2cc3c(C)cccc3cc2c1.Cc1ccc2cc3cccc(C)c3cc2c1.Cc1cccc2cc3c(C)cccc3cc12.Cc1cccc2cc3cccc(C)c3cc12.Cc1cccc2cc3ccccc3c(C)c12. The third-order valence-electron chi connectivity index (χ3n) is 16.4. The first-order valence-corrected chi connectivity index (χ1v) is 28.2. The molecule has 15 aromatic rings. The number of fused-ring (bicyclic) bond motifs is 10. The smallest absolute Gasteiger partial charge is 0.0119 e. The van der Waals surface area contributed by atoms with Gasteiger partial charge < -0.3 is 0 Å². The molecule has 0 aliphatic carbocycles. The van der Waals surface area contributed by atoms with E-state index in [1.165, 1.54) is 163 Å². The number of rotatable bonds is 0. The van der Waals surface area contributed by atoms with Crippen molar-refractivity contribution in [2.24, 2.45) is 0 Å². The minimum Gasteiger partial charge on any atom is -0.0616 e. The first-order valence-electron chi connectivity index (χ1n) is 28.2. The Morgan fingerprint density at radius 3 is 0.887 bits per heavy atom. The second-order valence-electron chi connectivity index (χ2n) is 22.3. The maximum atomic E-state index is 2.31. The van der Waals surface area contributed by atoms with Gasteiger partial charge in [-0.15, -0.1) is 0 Å². The molecule has 15 rings (SSSR count). The summed E-state index contributed by atoms with van der Waals surface area (Å²) < 4.78 is 0. The Balaban J connectivity index is 0.000000105. The number of aryl methyl sites for hydroxylation is 10. The van der Waals surface area contributed by atoms with Gasteiger partial charge in [0.05, 0.1) is 0 Å². The van der Waals surface area contributed by atoms with Gasteiger partial charge in [0, 0.05) is 0 Å². The second-order valence-corrected chi connectivity index (χ2v) is 22.3. The predicted molar refractivity (Wildman–Crippen MR) is 355 cm³/mol. The molecule has 0 atom stereocenters.